The number of carbonyl (C=O) groups is 3. The SMILES string of the molecule is COC(=O)c1c(C)[nH]c(C(=O)COC(=O)c2cccc(F)c2)c1C. The molecule has 1 heterocycles. The fraction of sp³-hybridized carbons (Fsp3) is 0.235. The van der Waals surface area contributed by atoms with Crippen LogP contribution in [0.5, 0.6) is 0 Å². The maximum Gasteiger partial charge on any atom is 0.339 e. The standard InChI is InChI=1S/C17H16FNO5/c1-9-14(17(22)23-3)10(2)19-15(9)13(20)8-24-16(21)11-5-4-6-12(18)7-11/h4-7,19H,8H2,1-3H3. The van der Waals surface area contributed by atoms with Gasteiger partial charge in [0.25, 0.3) is 0 Å². The third kappa shape index (κ3) is 3.51. The van der Waals surface area contributed by atoms with Crippen LogP contribution in [-0.4, -0.2) is 36.4 Å². The summed E-state index contributed by atoms with van der Waals surface area (Å²) < 4.78 is 22.6. The van der Waals surface area contributed by atoms with Gasteiger partial charge in [0, 0.05) is 5.69 Å². The first-order valence-electron chi connectivity index (χ1n) is 7.08. The lowest BCUT2D eigenvalue weighted by Crippen LogP contribution is -2.15. The lowest BCUT2D eigenvalue weighted by molar-refractivity contribution is 0.0472. The Morgan fingerprint density at radius 1 is 1.17 bits per heavy atom. The van der Waals surface area contributed by atoms with Crippen LogP contribution < -0.4 is 0 Å². The molecule has 0 aliphatic rings. The summed E-state index contributed by atoms with van der Waals surface area (Å²) in [5, 5.41) is 0. The molecule has 0 unspecified atom stereocenters. The van der Waals surface area contributed by atoms with E-state index in [0.717, 1.165) is 6.07 Å². The van der Waals surface area contributed by atoms with Crippen molar-refractivity contribution in [2.24, 2.45) is 0 Å². The van der Waals surface area contributed by atoms with Crippen LogP contribution >= 0.6 is 0 Å². The zero-order chi connectivity index (χ0) is 17.9. The summed E-state index contributed by atoms with van der Waals surface area (Å²) >= 11 is 0. The van der Waals surface area contributed by atoms with Gasteiger partial charge in [-0.2, -0.15) is 0 Å². The van der Waals surface area contributed by atoms with Crippen molar-refractivity contribution < 1.29 is 28.2 Å². The Kier molecular flexibility index (Phi) is 5.13. The molecule has 0 spiro atoms. The number of Topliss-reactive ketones (excluding diaryl/α,β-unsaturated/α-hetero) is 1. The number of H-pyrrole nitrogens is 1. The van der Waals surface area contributed by atoms with Crippen molar-refractivity contribution in [1.82, 2.24) is 4.98 Å². The minimum absolute atomic E-state index is 0.0115. The second-order valence-corrected chi connectivity index (χ2v) is 5.13. The lowest BCUT2D eigenvalue weighted by atomic mass is 10.1. The van der Waals surface area contributed by atoms with Crippen molar-refractivity contribution in [3.05, 3.63) is 58.2 Å². The minimum Gasteiger partial charge on any atom is -0.465 e. The molecule has 2 rings (SSSR count). The van der Waals surface area contributed by atoms with E-state index in [2.05, 4.69) is 9.72 Å². The van der Waals surface area contributed by atoms with E-state index >= 15 is 0 Å². The van der Waals surface area contributed by atoms with Gasteiger partial charge in [-0.1, -0.05) is 6.07 Å². The summed E-state index contributed by atoms with van der Waals surface area (Å²) in [6, 6.07) is 4.97. The Morgan fingerprint density at radius 2 is 1.88 bits per heavy atom. The number of aromatic amines is 1. The van der Waals surface area contributed by atoms with Crippen molar-refractivity contribution in [3.63, 3.8) is 0 Å². The zero-order valence-electron chi connectivity index (χ0n) is 13.4. The number of aromatic nitrogens is 1. The highest BCUT2D eigenvalue weighted by atomic mass is 19.1. The van der Waals surface area contributed by atoms with E-state index in [1.54, 1.807) is 13.8 Å². The van der Waals surface area contributed by atoms with Crippen LogP contribution in [0.25, 0.3) is 0 Å². The lowest BCUT2D eigenvalue weighted by Gasteiger charge is -2.04. The number of halogens is 1. The van der Waals surface area contributed by atoms with Crippen LogP contribution in [0.15, 0.2) is 24.3 Å². The predicted octanol–water partition coefficient (Wildman–Crippen LogP) is 2.60. The number of esters is 2. The quantitative estimate of drug-likeness (QED) is 0.671. The van der Waals surface area contributed by atoms with Crippen molar-refractivity contribution >= 4 is 17.7 Å². The molecule has 0 saturated heterocycles. The molecule has 6 nitrogen and oxygen atoms in total. The summed E-state index contributed by atoms with van der Waals surface area (Å²) in [4.78, 5) is 38.5. The molecule has 1 N–H and O–H groups in total. The van der Waals surface area contributed by atoms with Crippen LogP contribution in [0.4, 0.5) is 4.39 Å². The summed E-state index contributed by atoms with van der Waals surface area (Å²) in [7, 11) is 1.25. The number of nitrogens with one attached hydrogen (secondary N) is 1. The number of benzene rings is 1. The number of methoxy groups -OCH3 is 1. The van der Waals surface area contributed by atoms with Gasteiger partial charge in [0.1, 0.15) is 5.82 Å². The monoisotopic (exact) mass is 333 g/mol. The molecular weight excluding hydrogens is 317 g/mol. The maximum atomic E-state index is 13.1. The summed E-state index contributed by atoms with van der Waals surface area (Å²) in [5.74, 6) is -2.45. The smallest absolute Gasteiger partial charge is 0.339 e. The molecule has 0 saturated carbocycles. The van der Waals surface area contributed by atoms with Crippen LogP contribution in [0.2, 0.25) is 0 Å². The van der Waals surface area contributed by atoms with Crippen LogP contribution in [0.3, 0.4) is 0 Å². The highest BCUT2D eigenvalue weighted by Gasteiger charge is 2.23. The van der Waals surface area contributed by atoms with Gasteiger partial charge in [-0.15, -0.1) is 0 Å². The Hall–Kier alpha value is -2.96. The second kappa shape index (κ2) is 7.08. The molecule has 0 bridgehead atoms. The Labute approximate surface area is 137 Å². The second-order valence-electron chi connectivity index (χ2n) is 5.13. The molecule has 0 aliphatic heterocycles. The zero-order valence-corrected chi connectivity index (χ0v) is 13.4. The molecule has 0 radical (unpaired) electrons. The molecule has 2 aromatic rings. The van der Waals surface area contributed by atoms with E-state index in [1.807, 2.05) is 0 Å². The van der Waals surface area contributed by atoms with Gasteiger partial charge >= 0.3 is 11.9 Å². The van der Waals surface area contributed by atoms with Crippen molar-refractivity contribution in [1.29, 1.82) is 0 Å². The fourth-order valence-corrected chi connectivity index (χ4v) is 2.34. The number of carbonyl (C=O) groups excluding carboxylic acids is 3. The first-order chi connectivity index (χ1) is 11.3. The highest BCUT2D eigenvalue weighted by molar-refractivity contribution is 6.03. The van der Waals surface area contributed by atoms with Gasteiger partial charge in [0.2, 0.25) is 5.78 Å². The average Bonchev–Trinajstić information content (AvgIpc) is 2.86. The van der Waals surface area contributed by atoms with E-state index in [9.17, 15) is 18.8 Å². The van der Waals surface area contributed by atoms with E-state index in [4.69, 9.17) is 4.74 Å². The molecule has 1 aromatic heterocycles. The molecule has 7 heteroatoms. The first-order valence-corrected chi connectivity index (χ1v) is 7.08. The maximum absolute atomic E-state index is 13.1. The van der Waals surface area contributed by atoms with E-state index < -0.39 is 30.1 Å². The minimum atomic E-state index is -0.808. The third-order valence-corrected chi connectivity index (χ3v) is 3.50. The molecule has 1 aromatic carbocycles. The number of ketones is 1. The summed E-state index contributed by atoms with van der Waals surface area (Å²) in [6.45, 7) is 2.70. The number of hydrogen-bond donors (Lipinski definition) is 1. The van der Waals surface area contributed by atoms with Crippen LogP contribution in [0, 0.1) is 19.7 Å². The normalized spacial score (nSPS) is 10.3. The number of rotatable bonds is 5. The van der Waals surface area contributed by atoms with Gasteiger partial charge in [-0.3, -0.25) is 4.79 Å². The van der Waals surface area contributed by atoms with Crippen molar-refractivity contribution in [2.75, 3.05) is 13.7 Å². The topological polar surface area (TPSA) is 85.5 Å². The Bertz CT molecular complexity index is 809. The largest absolute Gasteiger partial charge is 0.465 e. The summed E-state index contributed by atoms with van der Waals surface area (Å²) in [5.41, 5.74) is 1.36. The Morgan fingerprint density at radius 3 is 2.50 bits per heavy atom. The van der Waals surface area contributed by atoms with E-state index in [0.29, 0.717) is 11.3 Å². The van der Waals surface area contributed by atoms with Crippen molar-refractivity contribution in [3.8, 4) is 0 Å². The molecule has 126 valence electrons. The molecule has 0 amide bonds. The average molecular weight is 333 g/mol. The van der Waals surface area contributed by atoms with Gasteiger partial charge in [-0.05, 0) is 37.6 Å². The fourth-order valence-electron chi connectivity index (χ4n) is 2.34. The van der Waals surface area contributed by atoms with Gasteiger partial charge in [-0.25, -0.2) is 14.0 Å². The van der Waals surface area contributed by atoms with Crippen molar-refractivity contribution in [2.45, 2.75) is 13.8 Å². The van der Waals surface area contributed by atoms with Gasteiger partial charge < -0.3 is 14.5 Å². The Balaban J connectivity index is 2.11. The molecule has 0 aliphatic carbocycles. The van der Waals surface area contributed by atoms with E-state index in [1.165, 1.54) is 25.3 Å². The van der Waals surface area contributed by atoms with Gasteiger partial charge in [0.05, 0.1) is 23.9 Å². The highest BCUT2D eigenvalue weighted by Crippen LogP contribution is 2.19. The third-order valence-electron chi connectivity index (χ3n) is 3.50. The molecule has 0 atom stereocenters. The molecular formula is C17H16FNO5. The number of hydrogen-bond acceptors (Lipinski definition) is 5. The van der Waals surface area contributed by atoms with Crippen LogP contribution in [-0.2, 0) is 9.47 Å². The van der Waals surface area contributed by atoms with E-state index in [-0.39, 0.29) is 16.8 Å². The summed E-state index contributed by atoms with van der Waals surface area (Å²) in [6.07, 6.45) is 0. The predicted molar refractivity (Wildman–Crippen MR) is 82.6 cm³/mol. The number of aryl methyl sites for hydroxylation is 1. The first kappa shape index (κ1) is 17.4. The molecule has 0 fully saturated rings. The van der Waals surface area contributed by atoms with Gasteiger partial charge in [0.15, 0.2) is 6.61 Å². The number of ether oxygens (including phenoxy) is 2. The van der Waals surface area contributed by atoms with Crippen LogP contribution in [0.1, 0.15) is 42.5 Å². The molecule has 24 heavy (non-hydrogen) atoms.